The minimum atomic E-state index is -0.247. The average Bonchev–Trinajstić information content (AvgIpc) is 3.00. The van der Waals surface area contributed by atoms with Crippen LogP contribution in [0.3, 0.4) is 0 Å². The summed E-state index contributed by atoms with van der Waals surface area (Å²) in [4.78, 5) is 0. The van der Waals surface area contributed by atoms with Gasteiger partial charge in [-0.3, -0.25) is 5.32 Å². The molecular formula is C11H12N2O. The van der Waals surface area contributed by atoms with Crippen molar-refractivity contribution in [3.05, 3.63) is 29.8 Å². The van der Waals surface area contributed by atoms with Crippen molar-refractivity contribution in [2.45, 2.75) is 24.9 Å². The molecular weight excluding hydrogens is 176 g/mol. The lowest BCUT2D eigenvalue weighted by Crippen LogP contribution is -2.21. The summed E-state index contributed by atoms with van der Waals surface area (Å²) in [6.07, 6.45) is 2.33. The predicted molar refractivity (Wildman–Crippen MR) is 52.6 cm³/mol. The zero-order valence-electron chi connectivity index (χ0n) is 7.77. The van der Waals surface area contributed by atoms with Gasteiger partial charge >= 0.3 is 0 Å². The number of rotatable bonds is 3. The van der Waals surface area contributed by atoms with Crippen LogP contribution < -0.4 is 5.32 Å². The first-order chi connectivity index (χ1) is 6.79. The zero-order valence-corrected chi connectivity index (χ0v) is 7.77. The highest BCUT2D eigenvalue weighted by molar-refractivity contribution is 5.30. The molecule has 0 aromatic heterocycles. The van der Waals surface area contributed by atoms with Gasteiger partial charge in [-0.25, -0.2) is 0 Å². The van der Waals surface area contributed by atoms with E-state index >= 15 is 0 Å². The van der Waals surface area contributed by atoms with E-state index in [-0.39, 0.29) is 11.8 Å². The van der Waals surface area contributed by atoms with Crippen molar-refractivity contribution >= 4 is 0 Å². The molecule has 0 amide bonds. The summed E-state index contributed by atoms with van der Waals surface area (Å²) < 4.78 is 0. The van der Waals surface area contributed by atoms with Gasteiger partial charge in [0.2, 0.25) is 0 Å². The van der Waals surface area contributed by atoms with Crippen LogP contribution in [0.4, 0.5) is 0 Å². The van der Waals surface area contributed by atoms with Crippen molar-refractivity contribution in [3.63, 3.8) is 0 Å². The van der Waals surface area contributed by atoms with Crippen molar-refractivity contribution in [1.82, 2.24) is 5.32 Å². The molecule has 0 radical (unpaired) electrons. The molecule has 3 nitrogen and oxygen atoms in total. The summed E-state index contributed by atoms with van der Waals surface area (Å²) >= 11 is 0. The van der Waals surface area contributed by atoms with Gasteiger partial charge in [0.15, 0.2) is 0 Å². The fraction of sp³-hybridized carbons (Fsp3) is 0.364. The second kappa shape index (κ2) is 3.69. The summed E-state index contributed by atoms with van der Waals surface area (Å²) in [6, 6.07) is 9.24. The Kier molecular flexibility index (Phi) is 2.38. The SMILES string of the molecule is N#CC(NC1CC1)c1ccc(O)cc1. The minimum Gasteiger partial charge on any atom is -0.508 e. The average molecular weight is 188 g/mol. The van der Waals surface area contributed by atoms with Gasteiger partial charge in [-0.1, -0.05) is 12.1 Å². The number of nitrogens with one attached hydrogen (secondary N) is 1. The van der Waals surface area contributed by atoms with E-state index in [1.165, 1.54) is 0 Å². The molecule has 1 unspecified atom stereocenters. The first-order valence-corrected chi connectivity index (χ1v) is 4.74. The quantitative estimate of drug-likeness (QED) is 0.759. The van der Waals surface area contributed by atoms with Gasteiger partial charge in [0.1, 0.15) is 11.8 Å². The topological polar surface area (TPSA) is 56.0 Å². The smallest absolute Gasteiger partial charge is 0.121 e. The molecule has 14 heavy (non-hydrogen) atoms. The van der Waals surface area contributed by atoms with E-state index in [0.29, 0.717) is 6.04 Å². The van der Waals surface area contributed by atoms with Crippen LogP contribution >= 0.6 is 0 Å². The second-order valence-corrected chi connectivity index (χ2v) is 3.59. The van der Waals surface area contributed by atoms with E-state index < -0.39 is 0 Å². The predicted octanol–water partition coefficient (Wildman–Crippen LogP) is 1.71. The molecule has 1 aromatic carbocycles. The molecule has 1 saturated carbocycles. The van der Waals surface area contributed by atoms with Gasteiger partial charge in [0, 0.05) is 6.04 Å². The van der Waals surface area contributed by atoms with Crippen LogP contribution in [0.1, 0.15) is 24.4 Å². The van der Waals surface area contributed by atoms with Gasteiger partial charge in [-0.15, -0.1) is 0 Å². The van der Waals surface area contributed by atoms with Crippen molar-refractivity contribution in [3.8, 4) is 11.8 Å². The van der Waals surface area contributed by atoms with E-state index in [2.05, 4.69) is 11.4 Å². The van der Waals surface area contributed by atoms with Crippen LogP contribution in [0.15, 0.2) is 24.3 Å². The Morgan fingerprint density at radius 3 is 2.50 bits per heavy atom. The minimum absolute atomic E-state index is 0.233. The Hall–Kier alpha value is -1.53. The molecule has 72 valence electrons. The maximum atomic E-state index is 9.10. The Labute approximate surface area is 83.0 Å². The molecule has 0 saturated heterocycles. The third kappa shape index (κ3) is 2.04. The molecule has 2 rings (SSSR count). The third-order valence-electron chi connectivity index (χ3n) is 2.34. The molecule has 0 spiro atoms. The molecule has 1 aliphatic rings. The highest BCUT2D eigenvalue weighted by Crippen LogP contribution is 2.24. The highest BCUT2D eigenvalue weighted by atomic mass is 16.3. The normalized spacial score (nSPS) is 17.4. The molecule has 2 N–H and O–H groups in total. The van der Waals surface area contributed by atoms with Crippen LogP contribution in [0.2, 0.25) is 0 Å². The lowest BCUT2D eigenvalue weighted by atomic mass is 10.1. The van der Waals surface area contributed by atoms with Gasteiger partial charge in [-0.05, 0) is 30.5 Å². The maximum Gasteiger partial charge on any atom is 0.121 e. The summed E-state index contributed by atoms with van der Waals surface area (Å²) in [5, 5.41) is 21.3. The lowest BCUT2D eigenvalue weighted by molar-refractivity contribution is 0.474. The molecule has 1 atom stereocenters. The molecule has 3 heteroatoms. The summed E-state index contributed by atoms with van der Waals surface area (Å²) in [6.45, 7) is 0. The van der Waals surface area contributed by atoms with E-state index in [9.17, 15) is 0 Å². The van der Waals surface area contributed by atoms with Gasteiger partial charge < -0.3 is 5.11 Å². The molecule has 0 heterocycles. The highest BCUT2D eigenvalue weighted by Gasteiger charge is 2.25. The largest absolute Gasteiger partial charge is 0.508 e. The van der Waals surface area contributed by atoms with E-state index in [4.69, 9.17) is 10.4 Å². The van der Waals surface area contributed by atoms with Gasteiger partial charge in [0.25, 0.3) is 0 Å². The Bertz CT molecular complexity index is 349. The van der Waals surface area contributed by atoms with Crippen molar-refractivity contribution < 1.29 is 5.11 Å². The molecule has 1 fully saturated rings. The van der Waals surface area contributed by atoms with E-state index in [0.717, 1.165) is 18.4 Å². The number of hydrogen-bond donors (Lipinski definition) is 2. The number of nitriles is 1. The zero-order chi connectivity index (χ0) is 9.97. The van der Waals surface area contributed by atoms with Crippen LogP contribution in [0.5, 0.6) is 5.75 Å². The summed E-state index contributed by atoms with van der Waals surface area (Å²) in [5.74, 6) is 0.233. The van der Waals surface area contributed by atoms with Gasteiger partial charge in [0.05, 0.1) is 6.07 Å². The van der Waals surface area contributed by atoms with Crippen LogP contribution in [-0.4, -0.2) is 11.1 Å². The number of nitrogens with zero attached hydrogens (tertiary/aromatic N) is 1. The van der Waals surface area contributed by atoms with E-state index in [1.807, 2.05) is 0 Å². The first-order valence-electron chi connectivity index (χ1n) is 4.74. The van der Waals surface area contributed by atoms with Crippen LogP contribution in [-0.2, 0) is 0 Å². The molecule has 0 aliphatic heterocycles. The fourth-order valence-corrected chi connectivity index (χ4v) is 1.36. The molecule has 1 aromatic rings. The summed E-state index contributed by atoms with van der Waals surface area (Å²) in [7, 11) is 0. The molecule has 0 bridgehead atoms. The van der Waals surface area contributed by atoms with Crippen molar-refractivity contribution in [2.75, 3.05) is 0 Å². The second-order valence-electron chi connectivity index (χ2n) is 3.59. The standard InChI is InChI=1S/C11H12N2O/c12-7-11(13-9-3-4-9)8-1-5-10(14)6-2-8/h1-2,5-6,9,11,13-14H,3-4H2. The van der Waals surface area contributed by atoms with Crippen molar-refractivity contribution in [1.29, 1.82) is 5.26 Å². The fourth-order valence-electron chi connectivity index (χ4n) is 1.36. The third-order valence-corrected chi connectivity index (χ3v) is 2.34. The Morgan fingerprint density at radius 1 is 1.36 bits per heavy atom. The van der Waals surface area contributed by atoms with Crippen LogP contribution in [0, 0.1) is 11.3 Å². The molecule has 1 aliphatic carbocycles. The monoisotopic (exact) mass is 188 g/mol. The van der Waals surface area contributed by atoms with E-state index in [1.54, 1.807) is 24.3 Å². The maximum absolute atomic E-state index is 9.10. The number of benzene rings is 1. The number of phenols is 1. The summed E-state index contributed by atoms with van der Waals surface area (Å²) in [5.41, 5.74) is 0.914. The number of phenolic OH excluding ortho intramolecular Hbond substituents is 1. The Balaban J connectivity index is 2.10. The number of hydrogen-bond acceptors (Lipinski definition) is 3. The Morgan fingerprint density at radius 2 is 2.00 bits per heavy atom. The van der Waals surface area contributed by atoms with Crippen molar-refractivity contribution in [2.24, 2.45) is 0 Å². The van der Waals surface area contributed by atoms with Crippen LogP contribution in [0.25, 0.3) is 0 Å². The number of aromatic hydroxyl groups is 1. The first kappa shape index (κ1) is 9.04. The lowest BCUT2D eigenvalue weighted by Gasteiger charge is -2.10. The van der Waals surface area contributed by atoms with Gasteiger partial charge in [-0.2, -0.15) is 5.26 Å².